The Bertz CT molecular complexity index is 479. The molecule has 1 rings (SSSR count). The van der Waals surface area contributed by atoms with E-state index in [1.54, 1.807) is 0 Å². The van der Waals surface area contributed by atoms with Gasteiger partial charge in [-0.25, -0.2) is 0 Å². The average Bonchev–Trinajstić information content (AvgIpc) is 2.43. The number of nitrogens with one attached hydrogen (secondary N) is 1. The van der Waals surface area contributed by atoms with E-state index in [-0.39, 0.29) is 23.3 Å². The summed E-state index contributed by atoms with van der Waals surface area (Å²) in [7, 11) is 1.32. The van der Waals surface area contributed by atoms with Gasteiger partial charge in [0.15, 0.2) is 5.75 Å². The highest BCUT2D eigenvalue weighted by atomic mass is 35.5. The molecular formula is C12H15ClN2O4. The second-order valence-corrected chi connectivity index (χ2v) is 4.42. The zero-order valence-corrected chi connectivity index (χ0v) is 11.4. The van der Waals surface area contributed by atoms with Crippen molar-refractivity contribution in [2.24, 2.45) is 5.92 Å². The van der Waals surface area contributed by atoms with Gasteiger partial charge in [-0.1, -0.05) is 6.92 Å². The fourth-order valence-corrected chi connectivity index (χ4v) is 1.50. The highest BCUT2D eigenvalue weighted by molar-refractivity contribution is 6.18. The van der Waals surface area contributed by atoms with E-state index >= 15 is 0 Å². The van der Waals surface area contributed by atoms with E-state index in [0.717, 1.165) is 0 Å². The summed E-state index contributed by atoms with van der Waals surface area (Å²) < 4.78 is 4.90. The number of methoxy groups -OCH3 is 1. The van der Waals surface area contributed by atoms with Gasteiger partial charge < -0.3 is 10.1 Å². The van der Waals surface area contributed by atoms with Crippen molar-refractivity contribution >= 4 is 23.2 Å². The number of nitro groups is 1. The number of nitrogens with zero attached hydrogens (tertiary/aromatic N) is 1. The van der Waals surface area contributed by atoms with Crippen molar-refractivity contribution in [3.63, 3.8) is 0 Å². The van der Waals surface area contributed by atoms with Crippen molar-refractivity contribution in [3.05, 3.63) is 33.9 Å². The van der Waals surface area contributed by atoms with Crippen LogP contribution in [0, 0.1) is 16.0 Å². The fourth-order valence-electron chi connectivity index (χ4n) is 1.39. The molecule has 1 aromatic carbocycles. The van der Waals surface area contributed by atoms with Crippen LogP contribution in [-0.4, -0.2) is 30.4 Å². The van der Waals surface area contributed by atoms with Gasteiger partial charge in [-0.2, -0.15) is 0 Å². The van der Waals surface area contributed by atoms with E-state index in [1.165, 1.54) is 25.3 Å². The van der Waals surface area contributed by atoms with E-state index in [9.17, 15) is 14.9 Å². The molecule has 104 valence electrons. The molecule has 0 aliphatic heterocycles. The van der Waals surface area contributed by atoms with Gasteiger partial charge in [0.25, 0.3) is 5.91 Å². The van der Waals surface area contributed by atoms with Crippen molar-refractivity contribution < 1.29 is 14.5 Å². The topological polar surface area (TPSA) is 81.5 Å². The molecule has 0 aliphatic carbocycles. The molecule has 1 N–H and O–H groups in total. The standard InChI is InChI=1S/C12H15ClN2O4/c1-8(6-13)7-14-12(16)9-3-4-10(15(17)18)11(5-9)19-2/h3-5,8H,6-7H2,1-2H3,(H,14,16). The maximum absolute atomic E-state index is 11.8. The molecule has 0 saturated carbocycles. The number of benzene rings is 1. The van der Waals surface area contributed by atoms with Gasteiger partial charge >= 0.3 is 5.69 Å². The van der Waals surface area contributed by atoms with Gasteiger partial charge in [0.2, 0.25) is 0 Å². The summed E-state index contributed by atoms with van der Waals surface area (Å²) in [6.07, 6.45) is 0. The lowest BCUT2D eigenvalue weighted by molar-refractivity contribution is -0.385. The number of alkyl halides is 1. The molecular weight excluding hydrogens is 272 g/mol. The summed E-state index contributed by atoms with van der Waals surface area (Å²) in [6, 6.07) is 3.99. The molecule has 0 bridgehead atoms. The molecule has 0 fully saturated rings. The predicted molar refractivity (Wildman–Crippen MR) is 71.9 cm³/mol. The molecule has 0 spiro atoms. The van der Waals surface area contributed by atoms with Crippen LogP contribution in [0.1, 0.15) is 17.3 Å². The highest BCUT2D eigenvalue weighted by Gasteiger charge is 2.17. The van der Waals surface area contributed by atoms with Crippen LogP contribution in [-0.2, 0) is 0 Å². The van der Waals surface area contributed by atoms with Crippen molar-refractivity contribution in [1.82, 2.24) is 5.32 Å². The quantitative estimate of drug-likeness (QED) is 0.494. The predicted octanol–water partition coefficient (Wildman–Crippen LogP) is 2.21. The average molecular weight is 287 g/mol. The number of amides is 1. The van der Waals surface area contributed by atoms with Crippen LogP contribution >= 0.6 is 11.6 Å². The number of ether oxygens (including phenoxy) is 1. The van der Waals surface area contributed by atoms with Gasteiger partial charge in [-0.3, -0.25) is 14.9 Å². The SMILES string of the molecule is COc1cc(C(=O)NCC(C)CCl)ccc1[N+](=O)[O-]. The summed E-state index contributed by atoms with van der Waals surface area (Å²) >= 11 is 5.64. The molecule has 19 heavy (non-hydrogen) atoms. The summed E-state index contributed by atoms with van der Waals surface area (Å²) in [6.45, 7) is 2.35. The van der Waals surface area contributed by atoms with E-state index < -0.39 is 4.92 Å². The Morgan fingerprint density at radius 3 is 2.79 bits per heavy atom. The molecule has 1 aromatic rings. The minimum atomic E-state index is -0.559. The number of nitro benzene ring substituents is 1. The minimum absolute atomic E-state index is 0.0584. The second kappa shape index (κ2) is 6.94. The number of carbonyl (C=O) groups is 1. The largest absolute Gasteiger partial charge is 0.490 e. The first-order valence-electron chi connectivity index (χ1n) is 5.66. The molecule has 0 heterocycles. The third kappa shape index (κ3) is 4.10. The summed E-state index contributed by atoms with van der Waals surface area (Å²) in [5, 5.41) is 13.4. The van der Waals surface area contributed by atoms with E-state index in [1.807, 2.05) is 6.92 Å². The minimum Gasteiger partial charge on any atom is -0.490 e. The Labute approximate surface area is 115 Å². The summed E-state index contributed by atoms with van der Waals surface area (Å²) in [5.41, 5.74) is 0.136. The molecule has 6 nitrogen and oxygen atoms in total. The van der Waals surface area contributed by atoms with E-state index in [0.29, 0.717) is 18.0 Å². The maximum Gasteiger partial charge on any atom is 0.310 e. The third-order valence-corrected chi connectivity index (χ3v) is 3.04. The van der Waals surface area contributed by atoms with Crippen LogP contribution in [0.25, 0.3) is 0 Å². The van der Waals surface area contributed by atoms with Gasteiger partial charge in [0.1, 0.15) is 0 Å². The van der Waals surface area contributed by atoms with Crippen LogP contribution < -0.4 is 10.1 Å². The Morgan fingerprint density at radius 2 is 2.26 bits per heavy atom. The lowest BCUT2D eigenvalue weighted by atomic mass is 10.1. The number of hydrogen-bond acceptors (Lipinski definition) is 4. The number of hydrogen-bond donors (Lipinski definition) is 1. The maximum atomic E-state index is 11.8. The molecule has 0 radical (unpaired) electrons. The van der Waals surface area contributed by atoms with Crippen LogP contribution in [0.2, 0.25) is 0 Å². The van der Waals surface area contributed by atoms with Gasteiger partial charge in [-0.15, -0.1) is 11.6 Å². The first kappa shape index (κ1) is 15.2. The molecule has 0 aromatic heterocycles. The lowest BCUT2D eigenvalue weighted by Gasteiger charge is -2.10. The van der Waals surface area contributed by atoms with Crippen LogP contribution in [0.4, 0.5) is 5.69 Å². The Kier molecular flexibility index (Phi) is 5.57. The first-order valence-corrected chi connectivity index (χ1v) is 6.19. The zero-order chi connectivity index (χ0) is 14.4. The van der Waals surface area contributed by atoms with E-state index in [2.05, 4.69) is 5.32 Å². The van der Waals surface area contributed by atoms with Crippen molar-refractivity contribution in [2.75, 3.05) is 19.5 Å². The normalized spacial score (nSPS) is 11.7. The number of halogens is 1. The van der Waals surface area contributed by atoms with Gasteiger partial charge in [0, 0.05) is 30.1 Å². The number of rotatable bonds is 6. The molecule has 0 saturated heterocycles. The molecule has 7 heteroatoms. The molecule has 1 amide bonds. The van der Waals surface area contributed by atoms with Crippen molar-refractivity contribution in [3.8, 4) is 5.75 Å². The summed E-state index contributed by atoms with van der Waals surface area (Å²) in [5.74, 6) is 0.350. The fraction of sp³-hybridized carbons (Fsp3) is 0.417. The van der Waals surface area contributed by atoms with Crippen LogP contribution in [0.15, 0.2) is 18.2 Å². The van der Waals surface area contributed by atoms with Crippen molar-refractivity contribution in [2.45, 2.75) is 6.92 Å². The third-order valence-electron chi connectivity index (χ3n) is 2.51. The van der Waals surface area contributed by atoms with Crippen LogP contribution in [0.3, 0.4) is 0 Å². The number of carbonyl (C=O) groups excluding carboxylic acids is 1. The lowest BCUT2D eigenvalue weighted by Crippen LogP contribution is -2.28. The zero-order valence-electron chi connectivity index (χ0n) is 10.7. The van der Waals surface area contributed by atoms with E-state index in [4.69, 9.17) is 16.3 Å². The smallest absolute Gasteiger partial charge is 0.310 e. The summed E-state index contributed by atoms with van der Waals surface area (Å²) in [4.78, 5) is 22.0. The second-order valence-electron chi connectivity index (χ2n) is 4.11. The monoisotopic (exact) mass is 286 g/mol. The molecule has 0 aliphatic rings. The van der Waals surface area contributed by atoms with Gasteiger partial charge in [-0.05, 0) is 12.0 Å². The Balaban J connectivity index is 2.84. The Hall–Kier alpha value is -1.82. The Morgan fingerprint density at radius 1 is 1.58 bits per heavy atom. The van der Waals surface area contributed by atoms with Gasteiger partial charge in [0.05, 0.1) is 12.0 Å². The van der Waals surface area contributed by atoms with Crippen molar-refractivity contribution in [1.29, 1.82) is 0 Å². The first-order chi connectivity index (χ1) is 8.99. The van der Waals surface area contributed by atoms with Crippen LogP contribution in [0.5, 0.6) is 5.75 Å². The molecule has 1 atom stereocenters. The molecule has 1 unspecified atom stereocenters. The highest BCUT2D eigenvalue weighted by Crippen LogP contribution is 2.27.